The maximum Gasteiger partial charge on any atom is 0.339 e. The van der Waals surface area contributed by atoms with E-state index < -0.39 is 17.7 Å². The third-order valence-electron chi connectivity index (χ3n) is 3.63. The van der Waals surface area contributed by atoms with Crippen LogP contribution in [0, 0.1) is 5.82 Å². The van der Waals surface area contributed by atoms with Gasteiger partial charge in [0.25, 0.3) is 5.91 Å². The fourth-order valence-corrected chi connectivity index (χ4v) is 2.32. The largest absolute Gasteiger partial charge is 0.465 e. The SMILES string of the molecule is COC(=O)c1ccc(F)cc1NCC(=O)Nc1cccc(C(=O)N(C)C)c1. The molecule has 0 aromatic heterocycles. The van der Waals surface area contributed by atoms with Gasteiger partial charge in [-0.15, -0.1) is 0 Å². The van der Waals surface area contributed by atoms with Crippen molar-refractivity contribution in [2.75, 3.05) is 38.4 Å². The molecule has 0 aliphatic carbocycles. The number of ether oxygens (including phenoxy) is 1. The third kappa shape index (κ3) is 5.27. The third-order valence-corrected chi connectivity index (χ3v) is 3.63. The lowest BCUT2D eigenvalue weighted by Crippen LogP contribution is -2.24. The molecule has 0 radical (unpaired) electrons. The van der Waals surface area contributed by atoms with Crippen LogP contribution in [0.2, 0.25) is 0 Å². The fraction of sp³-hybridized carbons (Fsp3) is 0.211. The lowest BCUT2D eigenvalue weighted by Gasteiger charge is -2.13. The van der Waals surface area contributed by atoms with Crippen LogP contribution in [0.4, 0.5) is 15.8 Å². The number of nitrogens with zero attached hydrogens (tertiary/aromatic N) is 1. The summed E-state index contributed by atoms with van der Waals surface area (Å²) in [4.78, 5) is 37.3. The van der Waals surface area contributed by atoms with Crippen molar-refractivity contribution in [3.63, 3.8) is 0 Å². The molecule has 0 fully saturated rings. The quantitative estimate of drug-likeness (QED) is 0.759. The molecule has 142 valence electrons. The Morgan fingerprint density at radius 1 is 1.11 bits per heavy atom. The lowest BCUT2D eigenvalue weighted by molar-refractivity contribution is -0.114. The van der Waals surface area contributed by atoms with Crippen molar-refractivity contribution >= 4 is 29.2 Å². The van der Waals surface area contributed by atoms with Crippen LogP contribution in [-0.2, 0) is 9.53 Å². The van der Waals surface area contributed by atoms with Crippen molar-refractivity contribution < 1.29 is 23.5 Å². The zero-order valence-corrected chi connectivity index (χ0v) is 15.2. The molecule has 2 aromatic carbocycles. The highest BCUT2D eigenvalue weighted by atomic mass is 19.1. The van der Waals surface area contributed by atoms with Crippen LogP contribution in [0.5, 0.6) is 0 Å². The summed E-state index contributed by atoms with van der Waals surface area (Å²) < 4.78 is 18.1. The van der Waals surface area contributed by atoms with Crippen molar-refractivity contribution in [1.82, 2.24) is 4.90 Å². The Labute approximate surface area is 156 Å². The van der Waals surface area contributed by atoms with Crippen LogP contribution in [0.25, 0.3) is 0 Å². The van der Waals surface area contributed by atoms with Crippen molar-refractivity contribution in [3.05, 3.63) is 59.4 Å². The molecule has 0 unspecified atom stereocenters. The van der Waals surface area contributed by atoms with E-state index in [9.17, 15) is 18.8 Å². The number of rotatable bonds is 6. The van der Waals surface area contributed by atoms with Crippen LogP contribution in [0.1, 0.15) is 20.7 Å². The molecule has 8 heteroatoms. The highest BCUT2D eigenvalue weighted by Crippen LogP contribution is 2.18. The first kappa shape index (κ1) is 19.9. The molecule has 0 saturated heterocycles. The second-order valence-electron chi connectivity index (χ2n) is 5.86. The average Bonchev–Trinajstić information content (AvgIpc) is 2.65. The molecule has 0 aliphatic heterocycles. The molecule has 0 atom stereocenters. The molecule has 2 rings (SSSR count). The van der Waals surface area contributed by atoms with E-state index in [1.54, 1.807) is 38.4 Å². The first-order valence-corrected chi connectivity index (χ1v) is 8.05. The van der Waals surface area contributed by atoms with Crippen molar-refractivity contribution in [2.45, 2.75) is 0 Å². The first-order valence-electron chi connectivity index (χ1n) is 8.05. The van der Waals surface area contributed by atoms with Gasteiger partial charge >= 0.3 is 5.97 Å². The molecule has 0 heterocycles. The summed E-state index contributed by atoms with van der Waals surface area (Å²) in [7, 11) is 4.48. The number of anilines is 2. The van der Waals surface area contributed by atoms with E-state index in [2.05, 4.69) is 15.4 Å². The smallest absolute Gasteiger partial charge is 0.339 e. The molecule has 2 aromatic rings. The number of halogens is 1. The summed E-state index contributed by atoms with van der Waals surface area (Å²) in [5.74, 6) is -1.82. The molecule has 7 nitrogen and oxygen atoms in total. The molecule has 0 spiro atoms. The van der Waals surface area contributed by atoms with Gasteiger partial charge in [-0.1, -0.05) is 6.07 Å². The van der Waals surface area contributed by atoms with Gasteiger partial charge in [-0.2, -0.15) is 0 Å². The van der Waals surface area contributed by atoms with Gasteiger partial charge in [0.1, 0.15) is 5.82 Å². The summed E-state index contributed by atoms with van der Waals surface area (Å²) in [6, 6.07) is 10.0. The van der Waals surface area contributed by atoms with Gasteiger partial charge in [0.2, 0.25) is 5.91 Å². The molecule has 0 aliphatic rings. The second-order valence-corrected chi connectivity index (χ2v) is 5.86. The molecular formula is C19H20FN3O4. The van der Waals surface area contributed by atoms with E-state index in [1.165, 1.54) is 18.1 Å². The zero-order chi connectivity index (χ0) is 20.0. The lowest BCUT2D eigenvalue weighted by atomic mass is 10.1. The Morgan fingerprint density at radius 2 is 1.85 bits per heavy atom. The Balaban J connectivity index is 2.05. The van der Waals surface area contributed by atoms with E-state index in [4.69, 9.17) is 0 Å². The van der Waals surface area contributed by atoms with E-state index in [0.717, 1.165) is 12.1 Å². The standard InChI is InChI=1S/C19H20FN3O4/c1-23(2)18(25)12-5-4-6-14(9-12)22-17(24)11-21-16-10-13(20)7-8-15(16)19(26)27-3/h4-10,21H,11H2,1-3H3,(H,22,24). The van der Waals surface area contributed by atoms with Crippen LogP contribution in [0.3, 0.4) is 0 Å². The van der Waals surface area contributed by atoms with E-state index >= 15 is 0 Å². The van der Waals surface area contributed by atoms with Crippen molar-refractivity contribution in [3.8, 4) is 0 Å². The van der Waals surface area contributed by atoms with Crippen molar-refractivity contribution in [1.29, 1.82) is 0 Å². The Bertz CT molecular complexity index is 868. The maximum absolute atomic E-state index is 13.4. The van der Waals surface area contributed by atoms with Crippen LogP contribution >= 0.6 is 0 Å². The summed E-state index contributed by atoms with van der Waals surface area (Å²) in [5.41, 5.74) is 1.14. The van der Waals surface area contributed by atoms with Gasteiger partial charge in [0.05, 0.1) is 24.9 Å². The predicted molar refractivity (Wildman–Crippen MR) is 99.3 cm³/mol. The highest BCUT2D eigenvalue weighted by molar-refractivity contribution is 5.99. The monoisotopic (exact) mass is 373 g/mol. The fourth-order valence-electron chi connectivity index (χ4n) is 2.32. The second kappa shape index (κ2) is 8.79. The molecule has 0 saturated carbocycles. The van der Waals surface area contributed by atoms with Gasteiger partial charge in [0.15, 0.2) is 0 Å². The minimum absolute atomic E-state index is 0.116. The number of amides is 2. The normalized spacial score (nSPS) is 10.1. The number of hydrogen-bond donors (Lipinski definition) is 2. The number of benzene rings is 2. The minimum Gasteiger partial charge on any atom is -0.465 e. The molecule has 27 heavy (non-hydrogen) atoms. The van der Waals surface area contributed by atoms with E-state index in [-0.39, 0.29) is 23.7 Å². The summed E-state index contributed by atoms with van der Waals surface area (Å²) in [6.45, 7) is -0.209. The summed E-state index contributed by atoms with van der Waals surface area (Å²) in [5, 5.41) is 5.36. The molecular weight excluding hydrogens is 353 g/mol. The minimum atomic E-state index is -0.646. The number of esters is 1. The summed E-state index contributed by atoms with van der Waals surface area (Å²) in [6.07, 6.45) is 0. The van der Waals surface area contributed by atoms with Crippen molar-refractivity contribution in [2.24, 2.45) is 0 Å². The van der Waals surface area contributed by atoms with E-state index in [0.29, 0.717) is 11.3 Å². The zero-order valence-electron chi connectivity index (χ0n) is 15.2. The highest BCUT2D eigenvalue weighted by Gasteiger charge is 2.14. The van der Waals surface area contributed by atoms with Gasteiger partial charge in [-0.05, 0) is 36.4 Å². The van der Waals surface area contributed by atoms with Gasteiger partial charge in [0, 0.05) is 25.3 Å². The van der Waals surface area contributed by atoms with Crippen LogP contribution in [-0.4, -0.2) is 50.4 Å². The molecule has 0 bridgehead atoms. The predicted octanol–water partition coefficient (Wildman–Crippen LogP) is 2.36. The van der Waals surface area contributed by atoms with Crippen LogP contribution < -0.4 is 10.6 Å². The van der Waals surface area contributed by atoms with Gasteiger partial charge in [-0.25, -0.2) is 9.18 Å². The van der Waals surface area contributed by atoms with Crippen LogP contribution in [0.15, 0.2) is 42.5 Å². The number of carbonyl (C=O) groups excluding carboxylic acids is 3. The molecule has 2 N–H and O–H groups in total. The topological polar surface area (TPSA) is 87.7 Å². The van der Waals surface area contributed by atoms with Gasteiger partial charge < -0.3 is 20.3 Å². The Hall–Kier alpha value is -3.42. The maximum atomic E-state index is 13.4. The summed E-state index contributed by atoms with van der Waals surface area (Å²) >= 11 is 0. The number of hydrogen-bond acceptors (Lipinski definition) is 5. The number of methoxy groups -OCH3 is 1. The Kier molecular flexibility index (Phi) is 6.48. The Morgan fingerprint density at radius 3 is 2.52 bits per heavy atom. The molecule has 2 amide bonds. The van der Waals surface area contributed by atoms with Gasteiger partial charge in [-0.3, -0.25) is 9.59 Å². The number of carbonyl (C=O) groups is 3. The average molecular weight is 373 g/mol. The number of nitrogens with one attached hydrogen (secondary N) is 2. The van der Waals surface area contributed by atoms with E-state index in [1.807, 2.05) is 0 Å². The first-order chi connectivity index (χ1) is 12.8.